The van der Waals surface area contributed by atoms with Crippen LogP contribution in [0.2, 0.25) is 0 Å². The number of hydrogen-bond donors (Lipinski definition) is 0. The van der Waals surface area contributed by atoms with Gasteiger partial charge in [-0.3, -0.25) is 0 Å². The van der Waals surface area contributed by atoms with Crippen molar-refractivity contribution in [1.82, 2.24) is 9.97 Å². The average molecular weight is 312 g/mol. The van der Waals surface area contributed by atoms with Crippen LogP contribution in [0.25, 0.3) is 0 Å². The Morgan fingerprint density at radius 2 is 1.86 bits per heavy atom. The molecular formula is C14H11F3N2O3. The van der Waals surface area contributed by atoms with Gasteiger partial charge in [0.25, 0.3) is 0 Å². The maximum absolute atomic E-state index is 12.7. The number of methoxy groups -OCH3 is 1. The van der Waals surface area contributed by atoms with E-state index in [9.17, 15) is 18.0 Å². The second kappa shape index (κ2) is 6.00. The number of aryl methyl sites for hydroxylation is 1. The molecule has 0 amide bonds. The van der Waals surface area contributed by atoms with Gasteiger partial charge in [0.1, 0.15) is 17.1 Å². The monoisotopic (exact) mass is 312 g/mol. The van der Waals surface area contributed by atoms with E-state index in [1.807, 2.05) is 0 Å². The molecule has 0 fully saturated rings. The first-order valence-corrected chi connectivity index (χ1v) is 6.09. The molecule has 1 aromatic heterocycles. The van der Waals surface area contributed by atoms with E-state index in [1.165, 1.54) is 26.2 Å². The Kier molecular flexibility index (Phi) is 4.30. The fourth-order valence-corrected chi connectivity index (χ4v) is 1.68. The first-order chi connectivity index (χ1) is 10.3. The van der Waals surface area contributed by atoms with Crippen molar-refractivity contribution < 1.29 is 27.4 Å². The zero-order chi connectivity index (χ0) is 16.3. The van der Waals surface area contributed by atoms with Crippen LogP contribution in [0.3, 0.4) is 0 Å². The number of para-hydroxylation sites is 1. The number of nitrogens with zero attached hydrogens (tertiary/aromatic N) is 2. The van der Waals surface area contributed by atoms with Gasteiger partial charge in [0.2, 0.25) is 5.88 Å². The molecule has 0 aliphatic carbocycles. The molecule has 22 heavy (non-hydrogen) atoms. The molecule has 116 valence electrons. The third kappa shape index (κ3) is 3.51. The summed E-state index contributed by atoms with van der Waals surface area (Å²) in [7, 11) is 1.19. The van der Waals surface area contributed by atoms with Gasteiger partial charge in [0, 0.05) is 6.07 Å². The second-order valence-electron chi connectivity index (χ2n) is 4.23. The van der Waals surface area contributed by atoms with Crippen LogP contribution in [0.4, 0.5) is 13.2 Å². The number of carbonyl (C=O) groups excluding carboxylic acids is 1. The van der Waals surface area contributed by atoms with Crippen molar-refractivity contribution in [3.05, 3.63) is 47.4 Å². The van der Waals surface area contributed by atoms with Crippen LogP contribution in [0.15, 0.2) is 30.3 Å². The van der Waals surface area contributed by atoms with Crippen molar-refractivity contribution in [1.29, 1.82) is 0 Å². The van der Waals surface area contributed by atoms with Crippen LogP contribution in [0, 0.1) is 6.92 Å². The number of rotatable bonds is 3. The van der Waals surface area contributed by atoms with Crippen molar-refractivity contribution in [3.63, 3.8) is 0 Å². The molecule has 2 rings (SSSR count). The first kappa shape index (κ1) is 15.7. The molecule has 0 aliphatic rings. The van der Waals surface area contributed by atoms with E-state index in [4.69, 9.17) is 4.74 Å². The van der Waals surface area contributed by atoms with Gasteiger partial charge < -0.3 is 9.47 Å². The van der Waals surface area contributed by atoms with Gasteiger partial charge in [-0.05, 0) is 19.1 Å². The van der Waals surface area contributed by atoms with E-state index in [2.05, 4.69) is 14.7 Å². The van der Waals surface area contributed by atoms with Crippen molar-refractivity contribution in [3.8, 4) is 11.6 Å². The highest BCUT2D eigenvalue weighted by Crippen LogP contribution is 2.31. The predicted molar refractivity (Wildman–Crippen MR) is 69.6 cm³/mol. The molecular weight excluding hydrogens is 301 g/mol. The minimum absolute atomic E-state index is 0.0422. The quantitative estimate of drug-likeness (QED) is 0.813. The lowest BCUT2D eigenvalue weighted by Gasteiger charge is -2.11. The summed E-state index contributed by atoms with van der Waals surface area (Å²) in [6, 6.07) is 6.67. The summed E-state index contributed by atoms with van der Waals surface area (Å²) in [5.74, 6) is -1.03. The van der Waals surface area contributed by atoms with E-state index in [-0.39, 0.29) is 23.0 Å². The molecule has 0 spiro atoms. The Balaban J connectivity index is 2.40. The Hall–Kier alpha value is -2.64. The molecule has 0 atom stereocenters. The highest BCUT2D eigenvalue weighted by Gasteiger charge is 2.33. The predicted octanol–water partition coefficient (Wildman–Crippen LogP) is 3.38. The topological polar surface area (TPSA) is 61.3 Å². The van der Waals surface area contributed by atoms with Crippen LogP contribution < -0.4 is 4.74 Å². The van der Waals surface area contributed by atoms with Crippen molar-refractivity contribution in [2.24, 2.45) is 0 Å². The van der Waals surface area contributed by atoms with Gasteiger partial charge >= 0.3 is 12.1 Å². The third-order valence-electron chi connectivity index (χ3n) is 2.61. The van der Waals surface area contributed by atoms with Crippen molar-refractivity contribution >= 4 is 5.97 Å². The van der Waals surface area contributed by atoms with Crippen molar-refractivity contribution in [2.75, 3.05) is 7.11 Å². The van der Waals surface area contributed by atoms with Gasteiger partial charge in [0.15, 0.2) is 5.69 Å². The number of carbonyl (C=O) groups is 1. The molecule has 1 aromatic carbocycles. The van der Waals surface area contributed by atoms with Gasteiger partial charge in [0.05, 0.1) is 7.11 Å². The summed E-state index contributed by atoms with van der Waals surface area (Å²) in [6.45, 7) is 1.31. The van der Waals surface area contributed by atoms with Crippen LogP contribution in [0.5, 0.6) is 11.6 Å². The van der Waals surface area contributed by atoms with Gasteiger partial charge in [-0.2, -0.15) is 18.2 Å². The molecule has 0 radical (unpaired) electrons. The lowest BCUT2D eigenvalue weighted by Crippen LogP contribution is -2.10. The van der Waals surface area contributed by atoms with E-state index < -0.39 is 17.8 Å². The first-order valence-electron chi connectivity index (χ1n) is 6.09. The van der Waals surface area contributed by atoms with Gasteiger partial charge in [-0.1, -0.05) is 12.1 Å². The smallest absolute Gasteiger partial charge is 0.433 e. The molecule has 0 saturated carbocycles. The van der Waals surface area contributed by atoms with Crippen LogP contribution in [-0.4, -0.2) is 23.0 Å². The summed E-state index contributed by atoms with van der Waals surface area (Å²) < 4.78 is 48.1. The maximum Gasteiger partial charge on any atom is 0.433 e. The lowest BCUT2D eigenvalue weighted by molar-refractivity contribution is -0.141. The fraction of sp³-hybridized carbons (Fsp3) is 0.214. The summed E-state index contributed by atoms with van der Waals surface area (Å²) in [4.78, 5) is 18.7. The Bertz CT molecular complexity index is 702. The fourth-order valence-electron chi connectivity index (χ4n) is 1.68. The van der Waals surface area contributed by atoms with Crippen LogP contribution in [-0.2, 0) is 10.9 Å². The normalized spacial score (nSPS) is 11.1. The van der Waals surface area contributed by atoms with Gasteiger partial charge in [-0.25, -0.2) is 9.78 Å². The Morgan fingerprint density at radius 1 is 1.18 bits per heavy atom. The standard InChI is InChI=1S/C14H11F3N2O3/c1-8-18-11(14(15,16)17)7-12(19-8)22-10-6-4-3-5-9(10)13(20)21-2/h3-7H,1-2H3. The van der Waals surface area contributed by atoms with Crippen molar-refractivity contribution in [2.45, 2.75) is 13.1 Å². The number of aromatic nitrogens is 2. The number of halogens is 3. The zero-order valence-corrected chi connectivity index (χ0v) is 11.6. The average Bonchev–Trinajstić information content (AvgIpc) is 2.45. The summed E-state index contributed by atoms with van der Waals surface area (Å²) in [6.07, 6.45) is -4.62. The number of esters is 1. The SMILES string of the molecule is COC(=O)c1ccccc1Oc1cc(C(F)(F)F)nc(C)n1. The minimum Gasteiger partial charge on any atom is -0.465 e. The van der Waals surface area contributed by atoms with Crippen LogP contribution in [0.1, 0.15) is 21.9 Å². The molecule has 8 heteroatoms. The lowest BCUT2D eigenvalue weighted by atomic mass is 10.2. The minimum atomic E-state index is -4.62. The second-order valence-corrected chi connectivity index (χ2v) is 4.23. The zero-order valence-electron chi connectivity index (χ0n) is 11.6. The number of ether oxygens (including phenoxy) is 2. The summed E-state index contributed by atoms with van der Waals surface area (Å²) in [5, 5.41) is 0. The number of hydrogen-bond acceptors (Lipinski definition) is 5. The molecule has 0 unspecified atom stereocenters. The van der Waals surface area contributed by atoms with Gasteiger partial charge in [-0.15, -0.1) is 0 Å². The van der Waals surface area contributed by atoms with E-state index in [0.29, 0.717) is 6.07 Å². The maximum atomic E-state index is 12.7. The number of alkyl halides is 3. The van der Waals surface area contributed by atoms with Crippen LogP contribution >= 0.6 is 0 Å². The largest absolute Gasteiger partial charge is 0.465 e. The Morgan fingerprint density at radius 3 is 2.50 bits per heavy atom. The van der Waals surface area contributed by atoms with E-state index in [1.54, 1.807) is 12.1 Å². The highest BCUT2D eigenvalue weighted by molar-refractivity contribution is 5.92. The molecule has 0 saturated heterocycles. The Labute approximate surface area is 123 Å². The highest BCUT2D eigenvalue weighted by atomic mass is 19.4. The van der Waals surface area contributed by atoms with E-state index in [0.717, 1.165) is 0 Å². The summed E-state index contributed by atoms with van der Waals surface area (Å²) in [5.41, 5.74) is -1.04. The molecule has 1 heterocycles. The molecule has 0 aliphatic heterocycles. The summed E-state index contributed by atoms with van der Waals surface area (Å²) >= 11 is 0. The molecule has 0 N–H and O–H groups in total. The molecule has 0 bridgehead atoms. The third-order valence-corrected chi connectivity index (χ3v) is 2.61. The van der Waals surface area contributed by atoms with E-state index >= 15 is 0 Å². The molecule has 2 aromatic rings. The number of benzene rings is 1. The molecule has 5 nitrogen and oxygen atoms in total.